The Kier molecular flexibility index (Phi) is 7.16. The summed E-state index contributed by atoms with van der Waals surface area (Å²) in [5.74, 6) is 1.69. The molecule has 0 bridgehead atoms. The number of nitrogens with zero attached hydrogens (tertiary/aromatic N) is 2. The SMILES string of the molecule is CN=C(NCCCOCc1ccco1)NCC(C)N1CCc2ccccc21. The molecule has 1 aromatic carbocycles. The first kappa shape index (κ1) is 19.3. The molecule has 6 heteroatoms. The summed E-state index contributed by atoms with van der Waals surface area (Å²) < 4.78 is 10.8. The number of rotatable bonds is 9. The molecule has 0 saturated carbocycles. The van der Waals surface area contributed by atoms with Crippen LogP contribution < -0.4 is 15.5 Å². The summed E-state index contributed by atoms with van der Waals surface area (Å²) in [5, 5.41) is 6.78. The lowest BCUT2D eigenvalue weighted by atomic mass is 10.2. The second-order valence-electron chi connectivity index (χ2n) is 6.79. The zero-order valence-electron chi connectivity index (χ0n) is 16.3. The Bertz CT molecular complexity index is 715. The molecule has 0 radical (unpaired) electrons. The standard InChI is InChI=1S/C21H30N4O2/c1-17(25-12-10-18-7-3-4-9-20(18)25)15-24-21(22-2)23-11-6-13-26-16-19-8-5-14-27-19/h3-5,7-9,14,17H,6,10-13,15-16H2,1-2H3,(H2,22,23,24). The number of ether oxygens (including phenoxy) is 1. The lowest BCUT2D eigenvalue weighted by molar-refractivity contribution is 0.105. The molecule has 6 nitrogen and oxygen atoms in total. The van der Waals surface area contributed by atoms with E-state index in [4.69, 9.17) is 9.15 Å². The molecule has 146 valence electrons. The maximum absolute atomic E-state index is 5.59. The van der Waals surface area contributed by atoms with Gasteiger partial charge >= 0.3 is 0 Å². The maximum atomic E-state index is 5.59. The highest BCUT2D eigenvalue weighted by Crippen LogP contribution is 2.28. The van der Waals surface area contributed by atoms with E-state index in [2.05, 4.69) is 51.7 Å². The molecule has 1 atom stereocenters. The molecule has 1 aromatic heterocycles. The Hall–Kier alpha value is -2.47. The third-order valence-corrected chi connectivity index (χ3v) is 4.83. The molecular formula is C21H30N4O2. The van der Waals surface area contributed by atoms with Crippen LogP contribution >= 0.6 is 0 Å². The molecule has 1 unspecified atom stereocenters. The molecule has 27 heavy (non-hydrogen) atoms. The number of aliphatic imine (C=N–C) groups is 1. The van der Waals surface area contributed by atoms with Crippen molar-refractivity contribution in [3.05, 3.63) is 54.0 Å². The molecular weight excluding hydrogens is 340 g/mol. The number of fused-ring (bicyclic) bond motifs is 1. The van der Waals surface area contributed by atoms with Crippen molar-refractivity contribution in [1.82, 2.24) is 10.6 Å². The Morgan fingerprint density at radius 3 is 2.96 bits per heavy atom. The number of furan rings is 1. The molecule has 0 fully saturated rings. The van der Waals surface area contributed by atoms with Crippen molar-refractivity contribution in [2.75, 3.05) is 38.2 Å². The lowest BCUT2D eigenvalue weighted by Crippen LogP contribution is -2.46. The minimum absolute atomic E-state index is 0.406. The Morgan fingerprint density at radius 1 is 1.26 bits per heavy atom. The normalized spacial score (nSPS) is 14.9. The minimum Gasteiger partial charge on any atom is -0.467 e. The number of nitrogens with one attached hydrogen (secondary N) is 2. The van der Waals surface area contributed by atoms with E-state index in [0.717, 1.165) is 44.2 Å². The Balaban J connectivity index is 1.32. The van der Waals surface area contributed by atoms with Crippen molar-refractivity contribution in [2.45, 2.75) is 32.4 Å². The van der Waals surface area contributed by atoms with Crippen LogP contribution in [0.5, 0.6) is 0 Å². The van der Waals surface area contributed by atoms with Crippen molar-refractivity contribution in [3.8, 4) is 0 Å². The minimum atomic E-state index is 0.406. The largest absolute Gasteiger partial charge is 0.467 e. The van der Waals surface area contributed by atoms with Gasteiger partial charge < -0.3 is 24.7 Å². The molecule has 1 aliphatic heterocycles. The van der Waals surface area contributed by atoms with Gasteiger partial charge in [0, 0.05) is 45.0 Å². The molecule has 2 N–H and O–H groups in total. The number of guanidine groups is 1. The number of para-hydroxylation sites is 1. The number of anilines is 1. The average Bonchev–Trinajstić information content (AvgIpc) is 3.36. The van der Waals surface area contributed by atoms with E-state index in [1.807, 2.05) is 12.1 Å². The van der Waals surface area contributed by atoms with Gasteiger partial charge in [0.25, 0.3) is 0 Å². The molecule has 0 spiro atoms. The fourth-order valence-corrected chi connectivity index (χ4v) is 3.35. The zero-order chi connectivity index (χ0) is 18.9. The summed E-state index contributed by atoms with van der Waals surface area (Å²) in [7, 11) is 1.80. The van der Waals surface area contributed by atoms with E-state index in [1.165, 1.54) is 11.3 Å². The van der Waals surface area contributed by atoms with E-state index in [0.29, 0.717) is 19.3 Å². The van der Waals surface area contributed by atoms with Crippen LogP contribution in [0.15, 0.2) is 52.1 Å². The van der Waals surface area contributed by atoms with Crippen molar-refractivity contribution in [2.24, 2.45) is 4.99 Å². The number of hydrogen-bond acceptors (Lipinski definition) is 4. The van der Waals surface area contributed by atoms with E-state index in [9.17, 15) is 0 Å². The molecule has 0 saturated heterocycles. The van der Waals surface area contributed by atoms with Crippen LogP contribution in [-0.2, 0) is 17.8 Å². The van der Waals surface area contributed by atoms with Crippen molar-refractivity contribution >= 4 is 11.6 Å². The third-order valence-electron chi connectivity index (χ3n) is 4.83. The topological polar surface area (TPSA) is 62.0 Å². The summed E-state index contributed by atoms with van der Waals surface area (Å²) in [6.45, 7) is 6.22. The van der Waals surface area contributed by atoms with Gasteiger partial charge in [-0.15, -0.1) is 0 Å². The first-order valence-corrected chi connectivity index (χ1v) is 9.67. The summed E-state index contributed by atoms with van der Waals surface area (Å²) in [6.07, 6.45) is 3.71. The van der Waals surface area contributed by atoms with E-state index >= 15 is 0 Å². The Morgan fingerprint density at radius 2 is 2.15 bits per heavy atom. The highest BCUT2D eigenvalue weighted by atomic mass is 16.5. The van der Waals surface area contributed by atoms with Crippen LogP contribution in [0.3, 0.4) is 0 Å². The van der Waals surface area contributed by atoms with Crippen LogP contribution in [0, 0.1) is 0 Å². The van der Waals surface area contributed by atoms with Gasteiger partial charge in [-0.2, -0.15) is 0 Å². The fourth-order valence-electron chi connectivity index (χ4n) is 3.35. The highest BCUT2D eigenvalue weighted by Gasteiger charge is 2.22. The lowest BCUT2D eigenvalue weighted by Gasteiger charge is -2.28. The van der Waals surface area contributed by atoms with Gasteiger partial charge in [-0.1, -0.05) is 18.2 Å². The fraction of sp³-hybridized carbons (Fsp3) is 0.476. The van der Waals surface area contributed by atoms with Crippen LogP contribution in [0.1, 0.15) is 24.7 Å². The molecule has 0 amide bonds. The molecule has 1 aliphatic rings. The van der Waals surface area contributed by atoms with Gasteiger partial charge in [0.05, 0.1) is 6.26 Å². The summed E-state index contributed by atoms with van der Waals surface area (Å²) in [5.41, 5.74) is 2.81. The van der Waals surface area contributed by atoms with Crippen molar-refractivity contribution in [1.29, 1.82) is 0 Å². The van der Waals surface area contributed by atoms with Gasteiger partial charge in [0.15, 0.2) is 5.96 Å². The molecule has 0 aliphatic carbocycles. The van der Waals surface area contributed by atoms with Crippen molar-refractivity contribution < 1.29 is 9.15 Å². The number of benzene rings is 1. The first-order valence-electron chi connectivity index (χ1n) is 9.67. The predicted molar refractivity (Wildman–Crippen MR) is 109 cm³/mol. The van der Waals surface area contributed by atoms with Gasteiger partial charge in [0.1, 0.15) is 12.4 Å². The van der Waals surface area contributed by atoms with Crippen LogP contribution in [0.4, 0.5) is 5.69 Å². The predicted octanol–water partition coefficient (Wildman–Crippen LogP) is 2.80. The van der Waals surface area contributed by atoms with Gasteiger partial charge in [-0.25, -0.2) is 0 Å². The molecule has 2 aromatic rings. The van der Waals surface area contributed by atoms with E-state index in [-0.39, 0.29) is 0 Å². The van der Waals surface area contributed by atoms with Crippen molar-refractivity contribution in [3.63, 3.8) is 0 Å². The Labute approximate surface area is 161 Å². The van der Waals surface area contributed by atoms with Crippen LogP contribution in [-0.4, -0.2) is 45.3 Å². The monoisotopic (exact) mass is 370 g/mol. The smallest absolute Gasteiger partial charge is 0.191 e. The van der Waals surface area contributed by atoms with Gasteiger partial charge in [-0.3, -0.25) is 4.99 Å². The quantitative estimate of drug-likeness (QED) is 0.404. The summed E-state index contributed by atoms with van der Waals surface area (Å²) in [6, 6.07) is 12.9. The molecule has 2 heterocycles. The average molecular weight is 370 g/mol. The second kappa shape index (κ2) is 10.0. The second-order valence-corrected chi connectivity index (χ2v) is 6.79. The zero-order valence-corrected chi connectivity index (χ0v) is 16.3. The highest BCUT2D eigenvalue weighted by molar-refractivity contribution is 5.79. The van der Waals surface area contributed by atoms with E-state index in [1.54, 1.807) is 13.3 Å². The first-order chi connectivity index (χ1) is 13.3. The molecule has 3 rings (SSSR count). The van der Waals surface area contributed by atoms with Crippen LogP contribution in [0.2, 0.25) is 0 Å². The van der Waals surface area contributed by atoms with Crippen LogP contribution in [0.25, 0.3) is 0 Å². The third kappa shape index (κ3) is 5.50. The van der Waals surface area contributed by atoms with E-state index < -0.39 is 0 Å². The maximum Gasteiger partial charge on any atom is 0.191 e. The van der Waals surface area contributed by atoms with Gasteiger partial charge in [-0.05, 0) is 43.5 Å². The number of hydrogen-bond donors (Lipinski definition) is 2. The van der Waals surface area contributed by atoms with Gasteiger partial charge in [0.2, 0.25) is 0 Å². The summed E-state index contributed by atoms with van der Waals surface area (Å²) in [4.78, 5) is 6.78. The summed E-state index contributed by atoms with van der Waals surface area (Å²) >= 11 is 0.